The Balaban J connectivity index is 1.82. The Morgan fingerprint density at radius 1 is 1.24 bits per heavy atom. The Hall–Kier alpha value is -3.39. The maximum absolute atomic E-state index is 12.8. The number of fused-ring (bicyclic) bond motifs is 1. The number of amides is 2. The Morgan fingerprint density at radius 2 is 1.93 bits per heavy atom. The number of benzene rings is 2. The molecule has 0 radical (unpaired) electrons. The van der Waals surface area contributed by atoms with Gasteiger partial charge >= 0.3 is 0 Å². The fraction of sp³-hybridized carbons (Fsp3) is 0.143. The van der Waals surface area contributed by atoms with Crippen molar-refractivity contribution in [1.82, 2.24) is 9.55 Å². The highest BCUT2D eigenvalue weighted by molar-refractivity contribution is 8.00. The van der Waals surface area contributed by atoms with Gasteiger partial charge in [0.05, 0.1) is 16.2 Å². The second kappa shape index (κ2) is 8.74. The summed E-state index contributed by atoms with van der Waals surface area (Å²) in [7, 11) is 0. The van der Waals surface area contributed by atoms with Crippen molar-refractivity contribution in [2.75, 3.05) is 5.32 Å². The number of hydrogen-bond donors (Lipinski definition) is 2. The SMILES string of the molecule is C=CCn1c(S[C@@H](C)C(=O)Nc2ccc(C(N)=O)cc2)nc2ccccc2c1=O. The van der Waals surface area contributed by atoms with E-state index in [4.69, 9.17) is 5.73 Å². The van der Waals surface area contributed by atoms with Gasteiger partial charge in [0, 0.05) is 17.8 Å². The van der Waals surface area contributed by atoms with Crippen LogP contribution in [0.4, 0.5) is 5.69 Å². The number of aromatic nitrogens is 2. The van der Waals surface area contributed by atoms with Crippen LogP contribution in [0.2, 0.25) is 0 Å². The van der Waals surface area contributed by atoms with Crippen LogP contribution in [0, 0.1) is 0 Å². The van der Waals surface area contributed by atoms with Crippen LogP contribution in [0.1, 0.15) is 17.3 Å². The topological polar surface area (TPSA) is 107 Å². The van der Waals surface area contributed by atoms with Crippen molar-refractivity contribution in [2.24, 2.45) is 5.73 Å². The first-order valence-electron chi connectivity index (χ1n) is 8.88. The monoisotopic (exact) mass is 408 g/mol. The van der Waals surface area contributed by atoms with E-state index in [0.29, 0.717) is 33.9 Å². The lowest BCUT2D eigenvalue weighted by Gasteiger charge is -2.15. The first-order chi connectivity index (χ1) is 13.9. The normalized spacial score (nSPS) is 11.8. The second-order valence-corrected chi connectivity index (χ2v) is 7.61. The van der Waals surface area contributed by atoms with Crippen molar-refractivity contribution in [1.29, 1.82) is 0 Å². The predicted molar refractivity (Wildman–Crippen MR) is 115 cm³/mol. The lowest BCUT2D eigenvalue weighted by atomic mass is 10.2. The van der Waals surface area contributed by atoms with E-state index in [2.05, 4.69) is 16.9 Å². The Kier molecular flexibility index (Phi) is 6.13. The van der Waals surface area contributed by atoms with Gasteiger partial charge in [-0.1, -0.05) is 30.0 Å². The summed E-state index contributed by atoms with van der Waals surface area (Å²) >= 11 is 1.19. The molecule has 0 saturated heterocycles. The standard InChI is InChI=1S/C21H20N4O3S/c1-3-12-25-20(28)16-6-4-5-7-17(16)24-21(25)29-13(2)19(27)23-15-10-8-14(9-11-15)18(22)26/h3-11,13H,1,12H2,2H3,(H2,22,26)(H,23,27)/t13-/m0/s1. The number of thioether (sulfide) groups is 1. The summed E-state index contributed by atoms with van der Waals surface area (Å²) in [6, 6.07) is 13.4. The molecule has 3 N–H and O–H groups in total. The summed E-state index contributed by atoms with van der Waals surface area (Å²) in [5.41, 5.74) is 6.53. The van der Waals surface area contributed by atoms with Gasteiger partial charge in [-0.05, 0) is 43.3 Å². The van der Waals surface area contributed by atoms with E-state index in [1.165, 1.54) is 16.3 Å². The van der Waals surface area contributed by atoms with Crippen LogP contribution in [0.5, 0.6) is 0 Å². The van der Waals surface area contributed by atoms with Crippen molar-refractivity contribution in [2.45, 2.75) is 23.9 Å². The molecule has 0 aliphatic heterocycles. The van der Waals surface area contributed by atoms with Gasteiger partial charge in [0.15, 0.2) is 5.16 Å². The van der Waals surface area contributed by atoms with E-state index in [9.17, 15) is 14.4 Å². The maximum Gasteiger partial charge on any atom is 0.262 e. The molecule has 0 bridgehead atoms. The number of carbonyl (C=O) groups excluding carboxylic acids is 2. The van der Waals surface area contributed by atoms with Gasteiger partial charge in [-0.15, -0.1) is 6.58 Å². The van der Waals surface area contributed by atoms with Crippen LogP contribution in [-0.4, -0.2) is 26.6 Å². The summed E-state index contributed by atoms with van der Waals surface area (Å²) in [6.45, 7) is 5.73. The van der Waals surface area contributed by atoms with Crippen LogP contribution in [-0.2, 0) is 11.3 Å². The van der Waals surface area contributed by atoms with Crippen LogP contribution >= 0.6 is 11.8 Å². The third-order valence-electron chi connectivity index (χ3n) is 4.23. The first-order valence-corrected chi connectivity index (χ1v) is 9.76. The molecule has 0 fully saturated rings. The fourth-order valence-corrected chi connectivity index (χ4v) is 3.62. The summed E-state index contributed by atoms with van der Waals surface area (Å²) < 4.78 is 1.51. The number of hydrogen-bond acceptors (Lipinski definition) is 5. The number of para-hydroxylation sites is 1. The van der Waals surface area contributed by atoms with Gasteiger partial charge in [-0.3, -0.25) is 19.0 Å². The predicted octanol–water partition coefficient (Wildman–Crippen LogP) is 2.80. The molecule has 0 saturated carbocycles. The number of primary amides is 1. The lowest BCUT2D eigenvalue weighted by molar-refractivity contribution is -0.115. The molecule has 1 atom stereocenters. The zero-order valence-electron chi connectivity index (χ0n) is 15.8. The third-order valence-corrected chi connectivity index (χ3v) is 5.32. The van der Waals surface area contributed by atoms with E-state index < -0.39 is 11.2 Å². The quantitative estimate of drug-likeness (QED) is 0.355. The zero-order chi connectivity index (χ0) is 21.0. The molecular formula is C21H20N4O3S. The van der Waals surface area contributed by atoms with Gasteiger partial charge in [0.25, 0.3) is 5.56 Å². The minimum Gasteiger partial charge on any atom is -0.366 e. The molecule has 3 aromatic rings. The number of nitrogens with zero attached hydrogens (tertiary/aromatic N) is 2. The van der Waals surface area contributed by atoms with Gasteiger partial charge in [0.1, 0.15) is 0 Å². The molecule has 1 aromatic heterocycles. The number of anilines is 1. The van der Waals surface area contributed by atoms with E-state index in [0.717, 1.165) is 0 Å². The summed E-state index contributed by atoms with van der Waals surface area (Å²) in [5, 5.41) is 3.23. The number of carbonyl (C=O) groups is 2. The summed E-state index contributed by atoms with van der Waals surface area (Å²) in [5.74, 6) is -0.788. The van der Waals surface area contributed by atoms with E-state index >= 15 is 0 Å². The lowest BCUT2D eigenvalue weighted by Crippen LogP contribution is -2.26. The minimum absolute atomic E-state index is 0.173. The average molecular weight is 408 g/mol. The molecule has 7 nitrogen and oxygen atoms in total. The van der Waals surface area contributed by atoms with Crippen molar-refractivity contribution in [3.63, 3.8) is 0 Å². The largest absolute Gasteiger partial charge is 0.366 e. The van der Waals surface area contributed by atoms with Crippen LogP contribution < -0.4 is 16.6 Å². The van der Waals surface area contributed by atoms with E-state index in [1.807, 2.05) is 6.07 Å². The van der Waals surface area contributed by atoms with E-state index in [-0.39, 0.29) is 11.5 Å². The zero-order valence-corrected chi connectivity index (χ0v) is 16.6. The minimum atomic E-state index is -0.533. The van der Waals surface area contributed by atoms with Crippen LogP contribution in [0.25, 0.3) is 10.9 Å². The van der Waals surface area contributed by atoms with Crippen LogP contribution in [0.15, 0.2) is 71.1 Å². The van der Waals surface area contributed by atoms with Crippen molar-refractivity contribution < 1.29 is 9.59 Å². The molecule has 148 valence electrons. The smallest absolute Gasteiger partial charge is 0.262 e. The van der Waals surface area contributed by atoms with Gasteiger partial charge in [-0.2, -0.15) is 0 Å². The number of nitrogens with two attached hydrogens (primary N) is 1. The third kappa shape index (κ3) is 4.55. The summed E-state index contributed by atoms with van der Waals surface area (Å²) in [4.78, 5) is 41.1. The molecule has 0 aliphatic carbocycles. The van der Waals surface area contributed by atoms with Crippen LogP contribution in [0.3, 0.4) is 0 Å². The van der Waals surface area contributed by atoms with Crippen molar-refractivity contribution in [3.05, 3.63) is 77.1 Å². The van der Waals surface area contributed by atoms with Gasteiger partial charge in [0.2, 0.25) is 11.8 Å². The fourth-order valence-electron chi connectivity index (χ4n) is 2.70. The molecule has 1 heterocycles. The Labute approximate surface area is 171 Å². The highest BCUT2D eigenvalue weighted by atomic mass is 32.2. The molecular weight excluding hydrogens is 388 g/mol. The van der Waals surface area contributed by atoms with Crippen molar-refractivity contribution in [3.8, 4) is 0 Å². The molecule has 0 unspecified atom stereocenters. The average Bonchev–Trinajstić information content (AvgIpc) is 2.71. The molecule has 2 amide bonds. The summed E-state index contributed by atoms with van der Waals surface area (Å²) in [6.07, 6.45) is 1.62. The second-order valence-electron chi connectivity index (χ2n) is 6.31. The van der Waals surface area contributed by atoms with Crippen molar-refractivity contribution >= 4 is 40.2 Å². The van der Waals surface area contributed by atoms with E-state index in [1.54, 1.807) is 55.5 Å². The maximum atomic E-state index is 12.8. The highest BCUT2D eigenvalue weighted by Crippen LogP contribution is 2.24. The van der Waals surface area contributed by atoms with Gasteiger partial charge < -0.3 is 11.1 Å². The Morgan fingerprint density at radius 3 is 2.59 bits per heavy atom. The van der Waals surface area contributed by atoms with Gasteiger partial charge in [-0.25, -0.2) is 4.98 Å². The molecule has 3 rings (SSSR count). The molecule has 0 spiro atoms. The number of allylic oxidation sites excluding steroid dienone is 1. The first kappa shape index (κ1) is 20.3. The molecule has 8 heteroatoms. The molecule has 2 aromatic carbocycles. The number of rotatable bonds is 7. The molecule has 0 aliphatic rings. The Bertz CT molecular complexity index is 1140. The molecule has 29 heavy (non-hydrogen) atoms. The number of nitrogens with one attached hydrogen (secondary N) is 1. The highest BCUT2D eigenvalue weighted by Gasteiger charge is 2.19.